The molecule has 0 bridgehead atoms. The Morgan fingerprint density at radius 1 is 0.667 bits per heavy atom. The highest BCUT2D eigenvalue weighted by Crippen LogP contribution is 1.95. The fourth-order valence-electron chi connectivity index (χ4n) is 0.856. The van der Waals surface area contributed by atoms with Crippen LogP contribution >= 0.6 is 0 Å². The summed E-state index contributed by atoms with van der Waals surface area (Å²) in [5, 5.41) is 16.7. The molecule has 2 N–H and O–H groups in total. The van der Waals surface area contributed by atoms with Crippen molar-refractivity contribution in [1.82, 2.24) is 0 Å². The zero-order valence-electron chi connectivity index (χ0n) is 10.0. The number of rotatable bonds is 9. The van der Waals surface area contributed by atoms with Gasteiger partial charge in [0.05, 0.1) is 26.4 Å². The number of aliphatic hydroxyl groups excluding tert-OH is 2. The summed E-state index contributed by atoms with van der Waals surface area (Å²) in [6.07, 6.45) is -0.678. The van der Waals surface area contributed by atoms with Crippen LogP contribution in [0.3, 0.4) is 0 Å². The van der Waals surface area contributed by atoms with Crippen molar-refractivity contribution < 1.29 is 38.7 Å². The highest BCUT2D eigenvalue weighted by Gasteiger charge is 2.04. The van der Waals surface area contributed by atoms with E-state index in [1.54, 1.807) is 0 Å². The zero-order valence-corrected chi connectivity index (χ0v) is 10.0. The molecule has 0 saturated carbocycles. The molecule has 0 aliphatic heterocycles. The maximum Gasteiger partial charge on any atom is 0.508 e. The largest absolute Gasteiger partial charge is 0.508 e. The fourth-order valence-corrected chi connectivity index (χ4v) is 0.856. The molecular weight excluding hydrogens is 248 g/mol. The van der Waals surface area contributed by atoms with Crippen LogP contribution in [0.15, 0.2) is 0 Å². The molecule has 0 aliphatic rings. The molecule has 0 spiro atoms. The van der Waals surface area contributed by atoms with Crippen molar-refractivity contribution >= 4 is 12.3 Å². The molecule has 106 valence electrons. The number of carbonyl (C=O) groups is 2. The molecule has 0 amide bonds. The van der Waals surface area contributed by atoms with Crippen LogP contribution in [0.1, 0.15) is 12.8 Å². The van der Waals surface area contributed by atoms with Crippen LogP contribution in [0.5, 0.6) is 0 Å². The molecule has 0 atom stereocenters. The van der Waals surface area contributed by atoms with E-state index < -0.39 is 12.3 Å². The first kappa shape index (κ1) is 16.5. The summed E-state index contributed by atoms with van der Waals surface area (Å²) in [5.41, 5.74) is 0. The van der Waals surface area contributed by atoms with E-state index in [-0.39, 0.29) is 39.6 Å². The number of aliphatic hydroxyl groups is 2. The van der Waals surface area contributed by atoms with Gasteiger partial charge >= 0.3 is 12.3 Å². The van der Waals surface area contributed by atoms with E-state index in [2.05, 4.69) is 18.9 Å². The minimum absolute atomic E-state index is 0.0986. The predicted octanol–water partition coefficient (Wildman–Crippen LogP) is 0.0576. The Morgan fingerprint density at radius 3 is 1.33 bits per heavy atom. The van der Waals surface area contributed by atoms with Crippen LogP contribution in [0.25, 0.3) is 0 Å². The van der Waals surface area contributed by atoms with Gasteiger partial charge in [0.15, 0.2) is 0 Å². The molecule has 0 aliphatic carbocycles. The summed E-state index contributed by atoms with van der Waals surface area (Å²) >= 11 is 0. The number of carbonyl (C=O) groups excluding carboxylic acids is 2. The highest BCUT2D eigenvalue weighted by atomic mass is 16.7. The van der Waals surface area contributed by atoms with Crippen LogP contribution in [0, 0.1) is 0 Å². The summed E-state index contributed by atoms with van der Waals surface area (Å²) in [4.78, 5) is 21.6. The quantitative estimate of drug-likeness (QED) is 0.445. The normalized spacial score (nSPS) is 9.67. The molecule has 0 unspecified atom stereocenters. The first-order valence-corrected chi connectivity index (χ1v) is 5.51. The molecule has 8 nitrogen and oxygen atoms in total. The molecule has 0 rings (SSSR count). The van der Waals surface area contributed by atoms with Gasteiger partial charge < -0.3 is 29.2 Å². The van der Waals surface area contributed by atoms with Gasteiger partial charge in [-0.25, -0.2) is 9.59 Å². The average Bonchev–Trinajstić information content (AvgIpc) is 2.37. The second-order valence-corrected chi connectivity index (χ2v) is 3.05. The van der Waals surface area contributed by atoms with Crippen molar-refractivity contribution in [2.45, 2.75) is 12.8 Å². The number of hydrogen-bond donors (Lipinski definition) is 2. The Kier molecular flexibility index (Phi) is 10.9. The molecule has 18 heavy (non-hydrogen) atoms. The van der Waals surface area contributed by atoms with Crippen molar-refractivity contribution in [3.05, 3.63) is 0 Å². The lowest BCUT2D eigenvalue weighted by Crippen LogP contribution is -2.13. The van der Waals surface area contributed by atoms with Crippen molar-refractivity contribution in [2.75, 3.05) is 39.6 Å². The molecule has 0 aromatic carbocycles. The smallest absolute Gasteiger partial charge is 0.434 e. The van der Waals surface area contributed by atoms with Crippen molar-refractivity contribution in [3.8, 4) is 0 Å². The number of hydrogen-bond acceptors (Lipinski definition) is 8. The molecule has 8 heteroatoms. The molecule has 0 fully saturated rings. The summed E-state index contributed by atoms with van der Waals surface area (Å²) in [7, 11) is 0. The average molecular weight is 266 g/mol. The van der Waals surface area contributed by atoms with Gasteiger partial charge in [-0.1, -0.05) is 0 Å². The van der Waals surface area contributed by atoms with Gasteiger partial charge in [0.25, 0.3) is 0 Å². The Morgan fingerprint density at radius 2 is 1.00 bits per heavy atom. The third-order valence-corrected chi connectivity index (χ3v) is 1.60. The van der Waals surface area contributed by atoms with Gasteiger partial charge in [0.2, 0.25) is 0 Å². The minimum atomic E-state index is -0.840. The summed E-state index contributed by atoms with van der Waals surface area (Å²) in [5.74, 6) is 0. The monoisotopic (exact) mass is 266 g/mol. The Balaban J connectivity index is 3.25. The van der Waals surface area contributed by atoms with Crippen LogP contribution in [0.4, 0.5) is 9.59 Å². The predicted molar refractivity (Wildman–Crippen MR) is 58.0 cm³/mol. The maximum atomic E-state index is 10.8. The zero-order chi connectivity index (χ0) is 13.6. The van der Waals surface area contributed by atoms with E-state index in [4.69, 9.17) is 10.2 Å². The summed E-state index contributed by atoms with van der Waals surface area (Å²) in [6, 6.07) is 0. The maximum absolute atomic E-state index is 10.8. The SMILES string of the molecule is O=C(OCCO)OCCCCOC(=O)OCCO. The van der Waals surface area contributed by atoms with E-state index in [0.29, 0.717) is 12.8 Å². The topological polar surface area (TPSA) is 112 Å². The fraction of sp³-hybridized carbons (Fsp3) is 0.800. The van der Waals surface area contributed by atoms with E-state index in [0.717, 1.165) is 0 Å². The first-order chi connectivity index (χ1) is 8.70. The van der Waals surface area contributed by atoms with Gasteiger partial charge in [-0.2, -0.15) is 0 Å². The van der Waals surface area contributed by atoms with Gasteiger partial charge in [0.1, 0.15) is 13.2 Å². The van der Waals surface area contributed by atoms with Crippen molar-refractivity contribution in [3.63, 3.8) is 0 Å². The molecule has 0 saturated heterocycles. The van der Waals surface area contributed by atoms with Crippen molar-refractivity contribution in [2.24, 2.45) is 0 Å². The van der Waals surface area contributed by atoms with Crippen LogP contribution in [0.2, 0.25) is 0 Å². The van der Waals surface area contributed by atoms with E-state index >= 15 is 0 Å². The van der Waals surface area contributed by atoms with Crippen LogP contribution < -0.4 is 0 Å². The lowest BCUT2D eigenvalue weighted by atomic mass is 10.3. The second-order valence-electron chi connectivity index (χ2n) is 3.05. The molecule has 0 aromatic heterocycles. The number of ether oxygens (including phenoxy) is 4. The van der Waals surface area contributed by atoms with Gasteiger partial charge in [-0.3, -0.25) is 0 Å². The highest BCUT2D eigenvalue weighted by molar-refractivity contribution is 5.60. The molecule has 0 radical (unpaired) electrons. The second kappa shape index (κ2) is 11.9. The van der Waals surface area contributed by atoms with Gasteiger partial charge in [-0.15, -0.1) is 0 Å². The van der Waals surface area contributed by atoms with E-state index in [1.807, 2.05) is 0 Å². The molecule has 0 heterocycles. The lowest BCUT2D eigenvalue weighted by molar-refractivity contribution is 0.0337. The number of unbranched alkanes of at least 4 members (excludes halogenated alkanes) is 1. The Labute approximate surface area is 104 Å². The third-order valence-electron chi connectivity index (χ3n) is 1.60. The summed E-state index contributed by atoms with van der Waals surface area (Å²) < 4.78 is 18.2. The third kappa shape index (κ3) is 11.0. The molecular formula is C10H18O8. The summed E-state index contributed by atoms with van der Waals surface area (Å²) in [6.45, 7) is -0.423. The standard InChI is InChI=1S/C10H18O8/c11-3-7-17-9(13)15-5-1-2-6-16-10(14)18-8-4-12/h11-12H,1-8H2. The van der Waals surface area contributed by atoms with Crippen molar-refractivity contribution in [1.29, 1.82) is 0 Å². The van der Waals surface area contributed by atoms with Crippen LogP contribution in [-0.4, -0.2) is 62.2 Å². The van der Waals surface area contributed by atoms with Crippen LogP contribution in [-0.2, 0) is 18.9 Å². The molecule has 0 aromatic rings. The lowest BCUT2D eigenvalue weighted by Gasteiger charge is -2.06. The van der Waals surface area contributed by atoms with E-state index in [9.17, 15) is 9.59 Å². The minimum Gasteiger partial charge on any atom is -0.434 e. The van der Waals surface area contributed by atoms with Gasteiger partial charge in [-0.05, 0) is 12.8 Å². The van der Waals surface area contributed by atoms with Gasteiger partial charge in [0, 0.05) is 0 Å². The first-order valence-electron chi connectivity index (χ1n) is 5.51. The Bertz CT molecular complexity index is 206. The van der Waals surface area contributed by atoms with E-state index in [1.165, 1.54) is 0 Å². The Hall–Kier alpha value is -1.54.